The third kappa shape index (κ3) is 14.3. The Morgan fingerprint density at radius 3 is 2.03 bits per heavy atom. The van der Waals surface area contributed by atoms with Crippen LogP contribution in [-0.2, 0) is 16.1 Å². The van der Waals surface area contributed by atoms with Gasteiger partial charge in [-0.15, -0.1) is 0 Å². The van der Waals surface area contributed by atoms with Crippen LogP contribution in [0.5, 0.6) is 0 Å². The van der Waals surface area contributed by atoms with Crippen LogP contribution in [-0.4, -0.2) is 28.4 Å². The van der Waals surface area contributed by atoms with Crippen LogP contribution in [0.4, 0.5) is 0 Å². The molecule has 2 atom stereocenters. The first-order valence-corrected chi connectivity index (χ1v) is 11.7. The standard InChI is InChI=1S/C25H42O4/c1-2-3-4-5-6-7-8-9-10-14-18-23(26)24(19-15-20-25(27)28)29-21-22-16-12-11-13-17-22/h11-13,16-17,23-24,26H,2-10,14-15,18-21H2,1H3,(H,27,28). The molecule has 0 bridgehead atoms. The summed E-state index contributed by atoms with van der Waals surface area (Å²) in [5.41, 5.74) is 1.07. The summed E-state index contributed by atoms with van der Waals surface area (Å²) in [6.45, 7) is 2.70. The molecule has 1 aromatic carbocycles. The van der Waals surface area contributed by atoms with E-state index >= 15 is 0 Å². The summed E-state index contributed by atoms with van der Waals surface area (Å²) >= 11 is 0. The molecule has 2 N–H and O–H groups in total. The molecule has 166 valence electrons. The smallest absolute Gasteiger partial charge is 0.303 e. The minimum atomic E-state index is -0.795. The molecule has 0 heterocycles. The van der Waals surface area contributed by atoms with Gasteiger partial charge < -0.3 is 14.9 Å². The Kier molecular flexibility index (Phi) is 15.4. The Hall–Kier alpha value is -1.39. The van der Waals surface area contributed by atoms with Crippen molar-refractivity contribution >= 4 is 5.97 Å². The summed E-state index contributed by atoms with van der Waals surface area (Å²) in [5.74, 6) is -0.795. The third-order valence-corrected chi connectivity index (χ3v) is 5.47. The maximum absolute atomic E-state index is 10.8. The summed E-state index contributed by atoms with van der Waals surface area (Å²) in [5, 5.41) is 19.5. The molecular formula is C25H42O4. The number of unbranched alkanes of at least 4 members (excludes halogenated alkanes) is 9. The van der Waals surface area contributed by atoms with Crippen LogP contribution < -0.4 is 0 Å². The average molecular weight is 407 g/mol. The number of rotatable bonds is 19. The molecule has 0 amide bonds. The lowest BCUT2D eigenvalue weighted by Gasteiger charge is -2.23. The van der Waals surface area contributed by atoms with Gasteiger partial charge in [-0.1, -0.05) is 101 Å². The fourth-order valence-electron chi connectivity index (χ4n) is 3.65. The monoisotopic (exact) mass is 406 g/mol. The van der Waals surface area contributed by atoms with Gasteiger partial charge in [0.25, 0.3) is 0 Å². The highest BCUT2D eigenvalue weighted by molar-refractivity contribution is 5.66. The molecule has 0 saturated heterocycles. The highest BCUT2D eigenvalue weighted by Crippen LogP contribution is 2.18. The summed E-state index contributed by atoms with van der Waals surface area (Å²) in [7, 11) is 0. The van der Waals surface area contributed by atoms with E-state index in [2.05, 4.69) is 6.92 Å². The molecule has 0 saturated carbocycles. The van der Waals surface area contributed by atoms with E-state index in [0.717, 1.165) is 24.8 Å². The first kappa shape index (κ1) is 25.6. The fraction of sp³-hybridized carbons (Fsp3) is 0.720. The van der Waals surface area contributed by atoms with Gasteiger partial charge >= 0.3 is 5.97 Å². The minimum absolute atomic E-state index is 0.121. The SMILES string of the molecule is CCCCCCCCCCCCC(O)C(CCCC(=O)O)OCc1ccccc1. The zero-order valence-electron chi connectivity index (χ0n) is 18.4. The zero-order chi connectivity index (χ0) is 21.2. The van der Waals surface area contributed by atoms with Gasteiger partial charge in [-0.25, -0.2) is 0 Å². The van der Waals surface area contributed by atoms with Crippen molar-refractivity contribution in [1.29, 1.82) is 0 Å². The van der Waals surface area contributed by atoms with Crippen molar-refractivity contribution < 1.29 is 19.7 Å². The van der Waals surface area contributed by atoms with E-state index in [-0.39, 0.29) is 12.5 Å². The van der Waals surface area contributed by atoms with Gasteiger partial charge in [-0.2, -0.15) is 0 Å². The van der Waals surface area contributed by atoms with E-state index in [4.69, 9.17) is 9.84 Å². The number of aliphatic hydroxyl groups excluding tert-OH is 1. The van der Waals surface area contributed by atoms with Gasteiger partial charge in [0.15, 0.2) is 0 Å². The molecule has 1 rings (SSSR count). The van der Waals surface area contributed by atoms with Crippen LogP contribution in [0, 0.1) is 0 Å². The van der Waals surface area contributed by atoms with Gasteiger partial charge in [-0.3, -0.25) is 4.79 Å². The normalized spacial score (nSPS) is 13.3. The van der Waals surface area contributed by atoms with Gasteiger partial charge in [0, 0.05) is 6.42 Å². The number of carbonyl (C=O) groups is 1. The Bertz CT molecular complexity index is 503. The van der Waals surface area contributed by atoms with Crippen molar-refractivity contribution in [2.24, 2.45) is 0 Å². The van der Waals surface area contributed by atoms with Crippen molar-refractivity contribution in [3.8, 4) is 0 Å². The number of carboxylic acid groups (broad SMARTS) is 1. The largest absolute Gasteiger partial charge is 0.481 e. The van der Waals surface area contributed by atoms with Crippen molar-refractivity contribution in [3.05, 3.63) is 35.9 Å². The quantitative estimate of drug-likeness (QED) is 0.257. The van der Waals surface area contributed by atoms with Gasteiger partial charge in [0.1, 0.15) is 0 Å². The second-order valence-electron chi connectivity index (χ2n) is 8.16. The van der Waals surface area contributed by atoms with Crippen molar-refractivity contribution in [2.45, 2.75) is 116 Å². The molecule has 0 spiro atoms. The number of hydrogen-bond donors (Lipinski definition) is 2. The number of hydrogen-bond acceptors (Lipinski definition) is 3. The topological polar surface area (TPSA) is 66.8 Å². The predicted molar refractivity (Wildman–Crippen MR) is 119 cm³/mol. The first-order chi connectivity index (χ1) is 14.1. The Morgan fingerprint density at radius 1 is 0.862 bits per heavy atom. The maximum atomic E-state index is 10.8. The molecule has 0 aliphatic carbocycles. The molecule has 1 aromatic rings. The van der Waals surface area contributed by atoms with E-state index in [0.29, 0.717) is 19.4 Å². The minimum Gasteiger partial charge on any atom is -0.481 e. The Morgan fingerprint density at radius 2 is 1.45 bits per heavy atom. The Labute approximate surface area is 177 Å². The summed E-state index contributed by atoms with van der Waals surface area (Å²) in [4.78, 5) is 10.8. The summed E-state index contributed by atoms with van der Waals surface area (Å²) in [6, 6.07) is 9.91. The molecule has 0 radical (unpaired) electrons. The van der Waals surface area contributed by atoms with Crippen LogP contribution in [0.3, 0.4) is 0 Å². The lowest BCUT2D eigenvalue weighted by atomic mass is 10.00. The molecule has 0 aliphatic heterocycles. The highest BCUT2D eigenvalue weighted by Gasteiger charge is 2.20. The van der Waals surface area contributed by atoms with Crippen LogP contribution in [0.15, 0.2) is 30.3 Å². The fourth-order valence-corrected chi connectivity index (χ4v) is 3.65. The second kappa shape index (κ2) is 17.5. The van der Waals surface area contributed by atoms with Crippen molar-refractivity contribution in [3.63, 3.8) is 0 Å². The lowest BCUT2D eigenvalue weighted by Crippen LogP contribution is -2.29. The van der Waals surface area contributed by atoms with Gasteiger partial charge in [0.2, 0.25) is 0 Å². The number of aliphatic carboxylic acids is 1. The molecule has 0 aliphatic rings. The maximum Gasteiger partial charge on any atom is 0.303 e. The lowest BCUT2D eigenvalue weighted by molar-refractivity contribution is -0.137. The average Bonchev–Trinajstić information content (AvgIpc) is 2.72. The van der Waals surface area contributed by atoms with E-state index in [1.165, 1.54) is 51.4 Å². The van der Waals surface area contributed by atoms with Crippen LogP contribution in [0.2, 0.25) is 0 Å². The molecule has 2 unspecified atom stereocenters. The van der Waals surface area contributed by atoms with E-state index in [1.54, 1.807) is 0 Å². The third-order valence-electron chi connectivity index (χ3n) is 5.47. The van der Waals surface area contributed by atoms with E-state index in [1.807, 2.05) is 30.3 Å². The summed E-state index contributed by atoms with van der Waals surface area (Å²) in [6.07, 6.45) is 13.9. The zero-order valence-corrected chi connectivity index (χ0v) is 18.4. The number of benzene rings is 1. The Balaban J connectivity index is 2.23. The van der Waals surface area contributed by atoms with Gasteiger partial charge in [0.05, 0.1) is 18.8 Å². The van der Waals surface area contributed by atoms with Crippen LogP contribution in [0.25, 0.3) is 0 Å². The molecule has 4 nitrogen and oxygen atoms in total. The van der Waals surface area contributed by atoms with Crippen LogP contribution >= 0.6 is 0 Å². The van der Waals surface area contributed by atoms with E-state index in [9.17, 15) is 9.90 Å². The predicted octanol–water partition coefficient (Wildman–Crippen LogP) is 6.50. The second-order valence-corrected chi connectivity index (χ2v) is 8.16. The highest BCUT2D eigenvalue weighted by atomic mass is 16.5. The molecule has 0 fully saturated rings. The molecular weight excluding hydrogens is 364 g/mol. The van der Waals surface area contributed by atoms with Crippen molar-refractivity contribution in [1.82, 2.24) is 0 Å². The van der Waals surface area contributed by atoms with Gasteiger partial charge in [-0.05, 0) is 24.8 Å². The molecule has 4 heteroatoms. The summed E-state index contributed by atoms with van der Waals surface area (Å²) < 4.78 is 5.97. The molecule has 0 aromatic heterocycles. The molecule has 29 heavy (non-hydrogen) atoms. The van der Waals surface area contributed by atoms with Crippen molar-refractivity contribution in [2.75, 3.05) is 0 Å². The van der Waals surface area contributed by atoms with Crippen LogP contribution in [0.1, 0.15) is 102 Å². The first-order valence-electron chi connectivity index (χ1n) is 11.7. The number of aliphatic hydroxyl groups is 1. The number of carboxylic acids is 1. The number of ether oxygens (including phenoxy) is 1. The van der Waals surface area contributed by atoms with E-state index < -0.39 is 12.1 Å².